The second-order valence-electron chi connectivity index (χ2n) is 6.38. The zero-order valence-electron chi connectivity index (χ0n) is 15.3. The number of rotatable bonds is 5. The molecule has 0 fully saturated rings. The molecule has 6 nitrogen and oxygen atoms in total. The first kappa shape index (κ1) is 18.8. The minimum Gasteiger partial charge on any atom is -0.467 e. The number of para-hydroxylation sites is 2. The molecule has 2 heterocycles. The molecule has 0 spiro atoms. The van der Waals surface area contributed by atoms with Crippen molar-refractivity contribution in [3.8, 4) is 5.75 Å². The van der Waals surface area contributed by atoms with E-state index in [0.29, 0.717) is 22.2 Å². The number of carbonyl (C=O) groups excluding carboxylic acids is 2. The van der Waals surface area contributed by atoms with Gasteiger partial charge in [-0.25, -0.2) is 0 Å². The van der Waals surface area contributed by atoms with E-state index in [0.717, 1.165) is 5.56 Å². The molecule has 2 aromatic carbocycles. The third-order valence-corrected chi connectivity index (χ3v) is 4.56. The van der Waals surface area contributed by atoms with Crippen LogP contribution in [0.15, 0.2) is 77.1 Å². The van der Waals surface area contributed by atoms with Gasteiger partial charge in [-0.1, -0.05) is 35.9 Å². The van der Waals surface area contributed by atoms with E-state index >= 15 is 0 Å². The lowest BCUT2D eigenvalue weighted by Gasteiger charge is -2.30. The van der Waals surface area contributed by atoms with Crippen molar-refractivity contribution < 1.29 is 18.7 Å². The molecule has 0 saturated carbocycles. The molecule has 0 atom stereocenters. The molecule has 0 saturated heterocycles. The van der Waals surface area contributed by atoms with Crippen LogP contribution in [0.1, 0.15) is 11.3 Å². The molecule has 3 aromatic rings. The van der Waals surface area contributed by atoms with E-state index in [1.807, 2.05) is 6.07 Å². The normalized spacial score (nSPS) is 14.4. The van der Waals surface area contributed by atoms with Crippen LogP contribution in [0.5, 0.6) is 5.75 Å². The van der Waals surface area contributed by atoms with E-state index in [4.69, 9.17) is 20.8 Å². The maximum atomic E-state index is 13.0. The van der Waals surface area contributed by atoms with Gasteiger partial charge in [-0.3, -0.25) is 14.5 Å². The number of hydrogen-bond donors (Lipinski definition) is 1. The standard InChI is InChI=1S/C22H17ClN2O4/c23-16-6-3-5-15(11-16)12-20-22(27)25(18-8-1-2-9-19(18)29-20)14-21(26)24-13-17-7-4-10-28-17/h1-12H,13-14H2,(H,24,26). The number of hydrogen-bond acceptors (Lipinski definition) is 4. The Hall–Kier alpha value is -3.51. The fraction of sp³-hybridized carbons (Fsp3) is 0.0909. The third-order valence-electron chi connectivity index (χ3n) is 4.32. The first-order valence-corrected chi connectivity index (χ1v) is 9.33. The summed E-state index contributed by atoms with van der Waals surface area (Å²) in [6.07, 6.45) is 3.15. The van der Waals surface area contributed by atoms with Gasteiger partial charge in [0.25, 0.3) is 5.91 Å². The molecular weight excluding hydrogens is 392 g/mol. The van der Waals surface area contributed by atoms with Gasteiger partial charge in [0.15, 0.2) is 11.5 Å². The van der Waals surface area contributed by atoms with Crippen molar-refractivity contribution in [3.63, 3.8) is 0 Å². The fourth-order valence-electron chi connectivity index (χ4n) is 2.97. The molecule has 0 unspecified atom stereocenters. The number of nitrogens with zero attached hydrogens (tertiary/aromatic N) is 1. The summed E-state index contributed by atoms with van der Waals surface area (Å²) in [6.45, 7) is 0.101. The molecule has 1 aromatic heterocycles. The van der Waals surface area contributed by atoms with Gasteiger partial charge in [0, 0.05) is 5.02 Å². The Balaban J connectivity index is 1.58. The van der Waals surface area contributed by atoms with Gasteiger partial charge in [0.1, 0.15) is 12.3 Å². The summed E-state index contributed by atoms with van der Waals surface area (Å²) < 4.78 is 11.0. The molecule has 4 rings (SSSR count). The van der Waals surface area contributed by atoms with Gasteiger partial charge >= 0.3 is 0 Å². The van der Waals surface area contributed by atoms with Crippen molar-refractivity contribution in [1.82, 2.24) is 5.32 Å². The van der Waals surface area contributed by atoms with E-state index in [9.17, 15) is 9.59 Å². The summed E-state index contributed by atoms with van der Waals surface area (Å²) in [5.74, 6) is 0.531. The zero-order valence-corrected chi connectivity index (χ0v) is 16.1. The molecule has 0 radical (unpaired) electrons. The van der Waals surface area contributed by atoms with Crippen LogP contribution in [0.3, 0.4) is 0 Å². The van der Waals surface area contributed by atoms with Crippen LogP contribution >= 0.6 is 11.6 Å². The van der Waals surface area contributed by atoms with Crippen LogP contribution in [0.2, 0.25) is 5.02 Å². The monoisotopic (exact) mass is 408 g/mol. The predicted molar refractivity (Wildman–Crippen MR) is 109 cm³/mol. The second kappa shape index (κ2) is 8.24. The highest BCUT2D eigenvalue weighted by molar-refractivity contribution is 6.30. The van der Waals surface area contributed by atoms with Gasteiger partial charge in [-0.05, 0) is 48.0 Å². The Labute approximate surface area is 172 Å². The van der Waals surface area contributed by atoms with Crippen molar-refractivity contribution in [3.05, 3.63) is 89.0 Å². The van der Waals surface area contributed by atoms with Gasteiger partial charge < -0.3 is 14.5 Å². The van der Waals surface area contributed by atoms with Crippen LogP contribution in [-0.4, -0.2) is 18.4 Å². The largest absolute Gasteiger partial charge is 0.467 e. The zero-order chi connectivity index (χ0) is 20.2. The minimum absolute atomic E-state index is 0.116. The molecule has 2 amide bonds. The summed E-state index contributed by atoms with van der Waals surface area (Å²) in [5.41, 5.74) is 1.26. The number of nitrogens with one attached hydrogen (secondary N) is 1. The lowest BCUT2D eigenvalue weighted by molar-refractivity contribution is -0.123. The Morgan fingerprint density at radius 2 is 1.97 bits per heavy atom. The summed E-state index contributed by atoms with van der Waals surface area (Å²) in [4.78, 5) is 26.9. The first-order chi connectivity index (χ1) is 14.1. The van der Waals surface area contributed by atoms with Crippen molar-refractivity contribution in [2.75, 3.05) is 11.4 Å². The van der Waals surface area contributed by atoms with Gasteiger partial charge in [0.2, 0.25) is 5.91 Å². The molecule has 146 valence electrons. The summed E-state index contributed by atoms with van der Waals surface area (Å²) in [6, 6.07) is 17.7. The number of halogens is 1. The maximum Gasteiger partial charge on any atom is 0.294 e. The van der Waals surface area contributed by atoms with Gasteiger partial charge in [-0.2, -0.15) is 0 Å². The molecule has 0 aliphatic carbocycles. The average Bonchev–Trinajstić information content (AvgIpc) is 3.23. The Morgan fingerprint density at radius 1 is 1.10 bits per heavy atom. The number of fused-ring (bicyclic) bond motifs is 1. The number of benzene rings is 2. The summed E-state index contributed by atoms with van der Waals surface area (Å²) in [7, 11) is 0. The van der Waals surface area contributed by atoms with Crippen LogP contribution in [0.4, 0.5) is 5.69 Å². The Morgan fingerprint density at radius 3 is 2.76 bits per heavy atom. The van der Waals surface area contributed by atoms with E-state index in [1.165, 1.54) is 11.2 Å². The number of ether oxygens (including phenoxy) is 1. The highest BCUT2D eigenvalue weighted by Crippen LogP contribution is 2.35. The lowest BCUT2D eigenvalue weighted by atomic mass is 10.1. The topological polar surface area (TPSA) is 71.8 Å². The molecular formula is C22H17ClN2O4. The van der Waals surface area contributed by atoms with Crippen LogP contribution in [0, 0.1) is 0 Å². The smallest absolute Gasteiger partial charge is 0.294 e. The molecule has 7 heteroatoms. The van der Waals surface area contributed by atoms with Crippen LogP contribution in [0.25, 0.3) is 6.08 Å². The number of anilines is 1. The lowest BCUT2D eigenvalue weighted by Crippen LogP contribution is -2.44. The van der Waals surface area contributed by atoms with Crippen molar-refractivity contribution in [2.24, 2.45) is 0 Å². The maximum absolute atomic E-state index is 13.0. The van der Waals surface area contributed by atoms with Gasteiger partial charge in [-0.15, -0.1) is 0 Å². The SMILES string of the molecule is O=C(CN1C(=O)C(=Cc2cccc(Cl)c2)Oc2ccccc21)NCc1ccco1. The quantitative estimate of drug-likeness (QED) is 0.647. The second-order valence-corrected chi connectivity index (χ2v) is 6.82. The molecule has 1 aliphatic heterocycles. The average molecular weight is 409 g/mol. The van der Waals surface area contributed by atoms with Crippen molar-refractivity contribution >= 4 is 35.2 Å². The third kappa shape index (κ3) is 4.33. The van der Waals surface area contributed by atoms with E-state index in [2.05, 4.69) is 5.32 Å². The minimum atomic E-state index is -0.406. The molecule has 29 heavy (non-hydrogen) atoms. The van der Waals surface area contributed by atoms with Crippen LogP contribution in [-0.2, 0) is 16.1 Å². The van der Waals surface area contributed by atoms with E-state index in [-0.39, 0.29) is 24.8 Å². The highest BCUT2D eigenvalue weighted by atomic mass is 35.5. The van der Waals surface area contributed by atoms with Crippen molar-refractivity contribution in [1.29, 1.82) is 0 Å². The number of carbonyl (C=O) groups is 2. The summed E-state index contributed by atoms with van der Waals surface area (Å²) in [5, 5.41) is 3.30. The molecule has 1 aliphatic rings. The molecule has 0 bridgehead atoms. The Bertz CT molecular complexity index is 1080. The van der Waals surface area contributed by atoms with Crippen molar-refractivity contribution in [2.45, 2.75) is 6.54 Å². The van der Waals surface area contributed by atoms with Crippen LogP contribution < -0.4 is 15.0 Å². The Kier molecular flexibility index (Phi) is 5.35. The molecule has 1 N–H and O–H groups in total. The van der Waals surface area contributed by atoms with E-state index < -0.39 is 5.91 Å². The van der Waals surface area contributed by atoms with E-state index in [1.54, 1.807) is 60.7 Å². The predicted octanol–water partition coefficient (Wildman–Crippen LogP) is 4.02. The first-order valence-electron chi connectivity index (χ1n) is 8.95. The number of furan rings is 1. The van der Waals surface area contributed by atoms with Gasteiger partial charge in [0.05, 0.1) is 18.5 Å². The highest BCUT2D eigenvalue weighted by Gasteiger charge is 2.31. The number of amides is 2. The summed E-state index contributed by atoms with van der Waals surface area (Å²) >= 11 is 6.03. The fourth-order valence-corrected chi connectivity index (χ4v) is 3.16.